The molecule has 2 aliphatic rings. The van der Waals surface area contributed by atoms with Crippen LogP contribution in [0.1, 0.15) is 62.4 Å². The number of nitrogens with one attached hydrogen (secondary N) is 2. The third kappa shape index (κ3) is 5.85. The highest BCUT2D eigenvalue weighted by Gasteiger charge is 2.26. The van der Waals surface area contributed by atoms with Gasteiger partial charge < -0.3 is 15.0 Å². The second kappa shape index (κ2) is 10.4. The molecule has 3 aromatic rings. The molecule has 1 atom stereocenters. The predicted octanol–water partition coefficient (Wildman–Crippen LogP) is 6.34. The van der Waals surface area contributed by atoms with E-state index in [9.17, 15) is 4.79 Å². The van der Waals surface area contributed by atoms with Crippen LogP contribution in [0.25, 0.3) is 0 Å². The normalized spacial score (nSPS) is 17.3. The standard InChI is InChI=1S/C31H36N4O2/c1-31(2,3)24-7-6-8-25(19-24)34-30(36)22-10-9-21-11-12-26(18-23(21)17-22)37-27-13-14-33-28(20-27)29(32)35-15-4-5-16-35/h6-8,11-14,18-20,22,32H,4-5,9-10,15-17H2,1-3H3,(H,34,36). The Morgan fingerprint density at radius 3 is 2.59 bits per heavy atom. The highest BCUT2D eigenvalue weighted by Crippen LogP contribution is 2.32. The smallest absolute Gasteiger partial charge is 0.227 e. The van der Waals surface area contributed by atoms with Crippen LogP contribution in [0.2, 0.25) is 0 Å². The Morgan fingerprint density at radius 1 is 1.03 bits per heavy atom. The maximum atomic E-state index is 13.2. The van der Waals surface area contributed by atoms with Crippen molar-refractivity contribution in [1.82, 2.24) is 9.88 Å². The summed E-state index contributed by atoms with van der Waals surface area (Å²) in [5.74, 6) is 1.85. The van der Waals surface area contributed by atoms with Gasteiger partial charge in [0.15, 0.2) is 0 Å². The number of carbonyl (C=O) groups is 1. The monoisotopic (exact) mass is 496 g/mol. The lowest BCUT2D eigenvalue weighted by atomic mass is 9.83. The van der Waals surface area contributed by atoms with Crippen LogP contribution in [-0.4, -0.2) is 34.7 Å². The average Bonchev–Trinajstić information content (AvgIpc) is 3.43. The van der Waals surface area contributed by atoms with Gasteiger partial charge in [-0.05, 0) is 84.5 Å². The molecule has 0 saturated carbocycles. The lowest BCUT2D eigenvalue weighted by Crippen LogP contribution is -2.28. The fourth-order valence-electron chi connectivity index (χ4n) is 5.17. The maximum absolute atomic E-state index is 13.2. The number of rotatable bonds is 5. The average molecular weight is 497 g/mol. The summed E-state index contributed by atoms with van der Waals surface area (Å²) in [6.45, 7) is 8.35. The molecule has 1 fully saturated rings. The zero-order valence-electron chi connectivity index (χ0n) is 22.0. The van der Waals surface area contributed by atoms with Gasteiger partial charge in [0.1, 0.15) is 23.0 Å². The van der Waals surface area contributed by atoms with Gasteiger partial charge in [-0.3, -0.25) is 15.2 Å². The second-order valence-corrected chi connectivity index (χ2v) is 11.2. The quantitative estimate of drug-likeness (QED) is 0.319. The molecule has 1 saturated heterocycles. The number of aryl methyl sites for hydroxylation is 1. The number of amides is 1. The number of carbonyl (C=O) groups excluding carboxylic acids is 1. The number of aromatic nitrogens is 1. The van der Waals surface area contributed by atoms with Gasteiger partial charge in [-0.2, -0.15) is 0 Å². The zero-order valence-corrected chi connectivity index (χ0v) is 22.0. The van der Waals surface area contributed by atoms with Crippen molar-refractivity contribution >= 4 is 17.4 Å². The third-order valence-electron chi connectivity index (χ3n) is 7.41. The minimum atomic E-state index is -0.0745. The molecule has 1 amide bonds. The van der Waals surface area contributed by atoms with Gasteiger partial charge >= 0.3 is 0 Å². The molecular weight excluding hydrogens is 460 g/mol. The minimum Gasteiger partial charge on any atom is -0.457 e. The van der Waals surface area contributed by atoms with Gasteiger partial charge in [0.05, 0.1) is 0 Å². The highest BCUT2D eigenvalue weighted by molar-refractivity contribution is 5.95. The summed E-state index contributed by atoms with van der Waals surface area (Å²) in [6, 6.07) is 18.0. The Morgan fingerprint density at radius 2 is 1.81 bits per heavy atom. The van der Waals surface area contributed by atoms with Crippen LogP contribution in [0.4, 0.5) is 5.69 Å². The lowest BCUT2D eigenvalue weighted by molar-refractivity contribution is -0.120. The first-order valence-corrected chi connectivity index (χ1v) is 13.3. The van der Waals surface area contributed by atoms with Gasteiger partial charge in [-0.25, -0.2) is 0 Å². The summed E-state index contributed by atoms with van der Waals surface area (Å²) in [6.07, 6.45) is 6.35. The van der Waals surface area contributed by atoms with Crippen molar-refractivity contribution in [3.05, 3.63) is 83.2 Å². The Hall–Kier alpha value is -3.67. The summed E-state index contributed by atoms with van der Waals surface area (Å²) in [5, 5.41) is 11.6. The SMILES string of the molecule is CC(C)(C)c1cccc(NC(=O)C2CCc3ccc(Oc4ccnc(C(=N)N5CCCC5)c4)cc3C2)c1. The number of benzene rings is 2. The summed E-state index contributed by atoms with van der Waals surface area (Å²) in [4.78, 5) is 19.6. The number of nitrogens with zero attached hydrogens (tertiary/aromatic N) is 2. The topological polar surface area (TPSA) is 78.3 Å². The number of hydrogen-bond donors (Lipinski definition) is 2. The Labute approximate surface area is 219 Å². The van der Waals surface area contributed by atoms with Crippen molar-refractivity contribution in [3.8, 4) is 11.5 Å². The van der Waals surface area contributed by atoms with E-state index in [4.69, 9.17) is 10.1 Å². The molecule has 2 heterocycles. The fraction of sp³-hybridized carbons (Fsp3) is 0.387. The van der Waals surface area contributed by atoms with Crippen molar-refractivity contribution in [2.75, 3.05) is 18.4 Å². The molecule has 1 aliphatic carbocycles. The van der Waals surface area contributed by atoms with E-state index in [1.54, 1.807) is 6.20 Å². The van der Waals surface area contributed by atoms with Gasteiger partial charge in [-0.1, -0.05) is 39.0 Å². The summed E-state index contributed by atoms with van der Waals surface area (Å²) < 4.78 is 6.18. The zero-order chi connectivity index (χ0) is 26.0. The molecule has 2 aromatic carbocycles. The number of pyridine rings is 1. The molecule has 192 valence electrons. The predicted molar refractivity (Wildman–Crippen MR) is 148 cm³/mol. The van der Waals surface area contributed by atoms with E-state index in [1.165, 1.54) is 11.1 Å². The van der Waals surface area contributed by atoms with E-state index in [-0.39, 0.29) is 17.2 Å². The number of hydrogen-bond acceptors (Lipinski definition) is 4. The summed E-state index contributed by atoms with van der Waals surface area (Å²) >= 11 is 0. The molecule has 1 aliphatic heterocycles. The first kappa shape index (κ1) is 25.0. The molecule has 1 aromatic heterocycles. The van der Waals surface area contributed by atoms with Crippen molar-refractivity contribution in [3.63, 3.8) is 0 Å². The van der Waals surface area contributed by atoms with Crippen LogP contribution in [0.3, 0.4) is 0 Å². The minimum absolute atomic E-state index is 0.0327. The van der Waals surface area contributed by atoms with E-state index in [0.717, 1.165) is 55.8 Å². The van der Waals surface area contributed by atoms with E-state index >= 15 is 0 Å². The largest absolute Gasteiger partial charge is 0.457 e. The Balaban J connectivity index is 1.26. The number of fused-ring (bicyclic) bond motifs is 1. The van der Waals surface area contributed by atoms with Crippen LogP contribution >= 0.6 is 0 Å². The Bertz CT molecular complexity index is 1300. The van der Waals surface area contributed by atoms with Crippen LogP contribution in [-0.2, 0) is 23.1 Å². The fourth-order valence-corrected chi connectivity index (χ4v) is 5.17. The van der Waals surface area contributed by atoms with Crippen molar-refractivity contribution in [2.45, 2.75) is 58.3 Å². The van der Waals surface area contributed by atoms with Crippen molar-refractivity contribution < 1.29 is 9.53 Å². The third-order valence-corrected chi connectivity index (χ3v) is 7.41. The van der Waals surface area contributed by atoms with E-state index in [2.05, 4.69) is 60.2 Å². The first-order chi connectivity index (χ1) is 17.8. The number of ether oxygens (including phenoxy) is 1. The van der Waals surface area contributed by atoms with E-state index < -0.39 is 0 Å². The molecule has 0 bridgehead atoms. The van der Waals surface area contributed by atoms with Gasteiger partial charge in [0.25, 0.3) is 0 Å². The van der Waals surface area contributed by atoms with Crippen molar-refractivity contribution in [1.29, 1.82) is 5.41 Å². The van der Waals surface area contributed by atoms with Crippen LogP contribution in [0.15, 0.2) is 60.8 Å². The highest BCUT2D eigenvalue weighted by atomic mass is 16.5. The summed E-state index contributed by atoms with van der Waals surface area (Å²) in [5.41, 5.74) is 5.16. The maximum Gasteiger partial charge on any atom is 0.227 e. The van der Waals surface area contributed by atoms with Gasteiger partial charge in [0.2, 0.25) is 5.91 Å². The molecule has 5 rings (SSSR count). The van der Waals surface area contributed by atoms with Gasteiger partial charge in [-0.15, -0.1) is 0 Å². The molecule has 0 spiro atoms. The molecule has 0 radical (unpaired) electrons. The van der Waals surface area contributed by atoms with E-state index in [1.807, 2.05) is 30.3 Å². The van der Waals surface area contributed by atoms with Crippen molar-refractivity contribution in [2.24, 2.45) is 5.92 Å². The van der Waals surface area contributed by atoms with Crippen LogP contribution < -0.4 is 10.1 Å². The first-order valence-electron chi connectivity index (χ1n) is 13.3. The van der Waals surface area contributed by atoms with E-state index in [0.29, 0.717) is 23.7 Å². The molecule has 6 nitrogen and oxygen atoms in total. The number of anilines is 1. The molecular formula is C31H36N4O2. The summed E-state index contributed by atoms with van der Waals surface area (Å²) in [7, 11) is 0. The number of amidine groups is 1. The Kier molecular flexibility index (Phi) is 7.00. The molecule has 2 N–H and O–H groups in total. The molecule has 6 heteroatoms. The second-order valence-electron chi connectivity index (χ2n) is 11.2. The number of likely N-dealkylation sites (tertiary alicyclic amines) is 1. The lowest BCUT2D eigenvalue weighted by Gasteiger charge is -2.25. The molecule has 37 heavy (non-hydrogen) atoms. The molecule has 1 unspecified atom stereocenters. The van der Waals surface area contributed by atoms with Gasteiger partial charge in [0, 0.05) is 37.0 Å². The van der Waals surface area contributed by atoms with Crippen LogP contribution in [0, 0.1) is 11.3 Å². The van der Waals surface area contributed by atoms with Crippen LogP contribution in [0.5, 0.6) is 11.5 Å².